The van der Waals surface area contributed by atoms with Crippen molar-refractivity contribution in [3.8, 4) is 5.75 Å². The normalized spacial score (nSPS) is 17.5. The zero-order valence-electron chi connectivity index (χ0n) is 20.5. The number of anilines is 2. The van der Waals surface area contributed by atoms with Gasteiger partial charge in [0.2, 0.25) is 5.91 Å². The number of carbonyl (C=O) groups excluding carboxylic acids is 1. The SMILES string of the molecule is CCCCCCN1C(=O)CCc2cc(OCC(O)CN3CCN(c4ccccc4)CC3)ccc21. The number of hydrogen-bond acceptors (Lipinski definition) is 5. The molecule has 6 heteroatoms. The van der Waals surface area contributed by atoms with E-state index in [0.717, 1.165) is 63.4 Å². The van der Waals surface area contributed by atoms with Crippen LogP contribution in [0.25, 0.3) is 0 Å². The molecule has 0 saturated carbocycles. The maximum Gasteiger partial charge on any atom is 0.227 e. The summed E-state index contributed by atoms with van der Waals surface area (Å²) >= 11 is 0. The Balaban J connectivity index is 1.23. The molecule has 4 rings (SSSR count). The molecule has 0 spiro atoms. The van der Waals surface area contributed by atoms with Gasteiger partial charge in [-0.3, -0.25) is 9.69 Å². The van der Waals surface area contributed by atoms with E-state index in [4.69, 9.17) is 4.74 Å². The molecule has 1 atom stereocenters. The minimum atomic E-state index is -0.532. The third-order valence-corrected chi connectivity index (χ3v) is 6.89. The van der Waals surface area contributed by atoms with Gasteiger partial charge in [0.15, 0.2) is 0 Å². The first kappa shape index (κ1) is 24.6. The maximum atomic E-state index is 12.5. The number of rotatable bonds is 11. The van der Waals surface area contributed by atoms with E-state index in [1.165, 1.54) is 24.1 Å². The summed E-state index contributed by atoms with van der Waals surface area (Å²) in [5, 5.41) is 10.6. The summed E-state index contributed by atoms with van der Waals surface area (Å²) in [4.78, 5) is 19.1. The summed E-state index contributed by atoms with van der Waals surface area (Å²) < 4.78 is 5.95. The molecule has 1 N–H and O–H groups in total. The molecular weight excluding hydrogens is 426 g/mol. The molecule has 2 heterocycles. The van der Waals surface area contributed by atoms with Crippen LogP contribution in [0.3, 0.4) is 0 Å². The molecule has 1 fully saturated rings. The highest BCUT2D eigenvalue weighted by Crippen LogP contribution is 2.31. The lowest BCUT2D eigenvalue weighted by atomic mass is 10.00. The fourth-order valence-electron chi connectivity index (χ4n) is 4.94. The summed E-state index contributed by atoms with van der Waals surface area (Å²) in [6.45, 7) is 7.70. The number of nitrogens with zero attached hydrogens (tertiary/aromatic N) is 3. The molecule has 6 nitrogen and oxygen atoms in total. The second kappa shape index (κ2) is 12.2. The molecule has 2 aliphatic rings. The highest BCUT2D eigenvalue weighted by Gasteiger charge is 2.24. The fourth-order valence-corrected chi connectivity index (χ4v) is 4.94. The van der Waals surface area contributed by atoms with Gasteiger partial charge in [0.1, 0.15) is 18.5 Å². The van der Waals surface area contributed by atoms with E-state index < -0.39 is 6.10 Å². The zero-order valence-corrected chi connectivity index (χ0v) is 20.5. The molecule has 0 aromatic heterocycles. The average molecular weight is 466 g/mol. The van der Waals surface area contributed by atoms with E-state index in [-0.39, 0.29) is 12.5 Å². The quantitative estimate of drug-likeness (QED) is 0.506. The smallest absolute Gasteiger partial charge is 0.227 e. The van der Waals surface area contributed by atoms with Gasteiger partial charge in [-0.05, 0) is 48.7 Å². The standard InChI is InChI=1S/C28H39N3O3/c1-2-3-4-8-15-31-27-13-12-26(20-23(27)11-14-28(31)33)34-22-25(32)21-29-16-18-30(19-17-29)24-9-6-5-7-10-24/h5-7,9-10,12-13,20,25,32H,2-4,8,11,14-19,21-22H2,1H3. The molecule has 2 aromatic carbocycles. The molecule has 1 amide bonds. The second-order valence-electron chi connectivity index (χ2n) is 9.48. The summed E-state index contributed by atoms with van der Waals surface area (Å²) in [6.07, 6.45) is 5.40. The topological polar surface area (TPSA) is 56.3 Å². The molecule has 2 aliphatic heterocycles. The Kier molecular flexibility index (Phi) is 8.83. The first-order valence-corrected chi connectivity index (χ1v) is 12.9. The average Bonchev–Trinajstić information content (AvgIpc) is 2.87. The summed E-state index contributed by atoms with van der Waals surface area (Å²) in [5.74, 6) is 0.993. The van der Waals surface area contributed by atoms with E-state index in [1.807, 2.05) is 29.2 Å². The third-order valence-electron chi connectivity index (χ3n) is 6.89. The van der Waals surface area contributed by atoms with Crippen LogP contribution < -0.4 is 14.5 Å². The summed E-state index contributed by atoms with van der Waals surface area (Å²) in [5.41, 5.74) is 3.45. The predicted octanol–water partition coefficient (Wildman–Crippen LogP) is 4.11. The van der Waals surface area contributed by atoms with Crippen molar-refractivity contribution in [3.63, 3.8) is 0 Å². The van der Waals surface area contributed by atoms with Gasteiger partial charge in [0.25, 0.3) is 0 Å². The monoisotopic (exact) mass is 465 g/mol. The van der Waals surface area contributed by atoms with E-state index >= 15 is 0 Å². The van der Waals surface area contributed by atoms with Crippen LogP contribution >= 0.6 is 0 Å². The molecule has 0 bridgehead atoms. The number of carbonyl (C=O) groups is 1. The summed E-state index contributed by atoms with van der Waals surface area (Å²) in [6, 6.07) is 16.5. The van der Waals surface area contributed by atoms with Crippen molar-refractivity contribution in [3.05, 3.63) is 54.1 Å². The lowest BCUT2D eigenvalue weighted by molar-refractivity contribution is -0.118. The highest BCUT2D eigenvalue weighted by atomic mass is 16.5. The Morgan fingerprint density at radius 1 is 0.971 bits per heavy atom. The van der Waals surface area contributed by atoms with Crippen molar-refractivity contribution in [2.45, 2.75) is 51.6 Å². The number of para-hydroxylation sites is 1. The molecular formula is C28H39N3O3. The second-order valence-corrected chi connectivity index (χ2v) is 9.48. The van der Waals surface area contributed by atoms with E-state index in [1.54, 1.807) is 0 Å². The molecule has 184 valence electrons. The lowest BCUT2D eigenvalue weighted by Gasteiger charge is -2.36. The van der Waals surface area contributed by atoms with Gasteiger partial charge in [0, 0.05) is 57.1 Å². The van der Waals surface area contributed by atoms with Crippen LogP contribution in [0.4, 0.5) is 11.4 Å². The van der Waals surface area contributed by atoms with Crippen LogP contribution in [0.5, 0.6) is 5.75 Å². The van der Waals surface area contributed by atoms with Crippen LogP contribution in [0.2, 0.25) is 0 Å². The number of benzene rings is 2. The Morgan fingerprint density at radius 3 is 2.53 bits per heavy atom. The number of aliphatic hydroxyl groups excluding tert-OH is 1. The van der Waals surface area contributed by atoms with Gasteiger partial charge in [0.05, 0.1) is 0 Å². The van der Waals surface area contributed by atoms with Gasteiger partial charge in [-0.2, -0.15) is 0 Å². The van der Waals surface area contributed by atoms with Crippen LogP contribution in [0.15, 0.2) is 48.5 Å². The van der Waals surface area contributed by atoms with Gasteiger partial charge in [-0.15, -0.1) is 0 Å². The van der Waals surface area contributed by atoms with E-state index in [9.17, 15) is 9.90 Å². The number of hydrogen-bond donors (Lipinski definition) is 1. The van der Waals surface area contributed by atoms with Crippen molar-refractivity contribution in [1.29, 1.82) is 0 Å². The Labute approximate surface area is 204 Å². The third kappa shape index (κ3) is 6.51. The number of fused-ring (bicyclic) bond motifs is 1. The van der Waals surface area contributed by atoms with E-state index in [2.05, 4.69) is 41.0 Å². The van der Waals surface area contributed by atoms with Crippen molar-refractivity contribution >= 4 is 17.3 Å². The Hall–Kier alpha value is -2.57. The van der Waals surface area contributed by atoms with E-state index in [0.29, 0.717) is 13.0 Å². The molecule has 0 radical (unpaired) electrons. The number of β-amino-alcohol motifs (C(OH)–C–C–N with tert-alkyl or cyclic N) is 1. The minimum absolute atomic E-state index is 0.223. The van der Waals surface area contributed by atoms with Crippen LogP contribution in [-0.4, -0.2) is 67.9 Å². The minimum Gasteiger partial charge on any atom is -0.491 e. The van der Waals surface area contributed by atoms with Crippen molar-refractivity contribution in [2.24, 2.45) is 0 Å². The molecule has 34 heavy (non-hydrogen) atoms. The first-order valence-electron chi connectivity index (χ1n) is 12.9. The predicted molar refractivity (Wildman–Crippen MR) is 138 cm³/mol. The van der Waals surface area contributed by atoms with Gasteiger partial charge in [-0.1, -0.05) is 44.4 Å². The van der Waals surface area contributed by atoms with Crippen molar-refractivity contribution < 1.29 is 14.6 Å². The number of unbranched alkanes of at least 4 members (excludes halogenated alkanes) is 3. The molecule has 1 saturated heterocycles. The molecule has 2 aromatic rings. The fraction of sp³-hybridized carbons (Fsp3) is 0.536. The number of ether oxygens (including phenoxy) is 1. The largest absolute Gasteiger partial charge is 0.491 e. The zero-order chi connectivity index (χ0) is 23.8. The van der Waals surface area contributed by atoms with Gasteiger partial charge in [-0.25, -0.2) is 0 Å². The first-order chi connectivity index (χ1) is 16.6. The number of aryl methyl sites for hydroxylation is 1. The van der Waals surface area contributed by atoms with Crippen molar-refractivity contribution in [2.75, 3.05) is 55.7 Å². The van der Waals surface area contributed by atoms with Crippen LogP contribution in [0.1, 0.15) is 44.6 Å². The van der Waals surface area contributed by atoms with Gasteiger partial charge >= 0.3 is 0 Å². The Bertz CT molecular complexity index is 912. The summed E-state index contributed by atoms with van der Waals surface area (Å²) in [7, 11) is 0. The highest BCUT2D eigenvalue weighted by molar-refractivity contribution is 5.96. The van der Waals surface area contributed by atoms with Crippen LogP contribution in [0, 0.1) is 0 Å². The van der Waals surface area contributed by atoms with Gasteiger partial charge < -0.3 is 19.6 Å². The number of aliphatic hydroxyl groups is 1. The Morgan fingerprint density at radius 2 is 1.76 bits per heavy atom. The lowest BCUT2D eigenvalue weighted by Crippen LogP contribution is -2.49. The molecule has 0 aliphatic carbocycles. The van der Waals surface area contributed by atoms with Crippen LogP contribution in [-0.2, 0) is 11.2 Å². The number of amides is 1. The maximum absolute atomic E-state index is 12.5. The number of piperazine rings is 1. The molecule has 1 unspecified atom stereocenters. The van der Waals surface area contributed by atoms with Crippen molar-refractivity contribution in [1.82, 2.24) is 4.90 Å².